The van der Waals surface area contributed by atoms with E-state index in [0.29, 0.717) is 6.42 Å². The number of nitrogens with zero attached hydrogens (tertiary/aromatic N) is 1. The first-order chi connectivity index (χ1) is 7.29. The minimum atomic E-state index is 0.110. The number of aliphatic hydroxyl groups is 1. The second kappa shape index (κ2) is 4.16. The Balaban J connectivity index is 2.35. The van der Waals surface area contributed by atoms with Gasteiger partial charge in [-0.2, -0.15) is 0 Å². The zero-order valence-electron chi connectivity index (χ0n) is 8.54. The summed E-state index contributed by atoms with van der Waals surface area (Å²) in [5, 5.41) is 8.60. The van der Waals surface area contributed by atoms with Gasteiger partial charge in [0.15, 0.2) is 0 Å². The summed E-state index contributed by atoms with van der Waals surface area (Å²) < 4.78 is 0. The van der Waals surface area contributed by atoms with Gasteiger partial charge in [0, 0.05) is 12.0 Å². The molecule has 0 amide bonds. The van der Waals surface area contributed by atoms with E-state index in [1.807, 2.05) is 25.1 Å². The molecule has 3 heteroatoms. The summed E-state index contributed by atoms with van der Waals surface area (Å²) in [6.07, 6.45) is 0.514. The average molecular weight is 200 g/mol. The van der Waals surface area contributed by atoms with Gasteiger partial charge in [0.05, 0.1) is 17.6 Å². The maximum atomic E-state index is 8.60. The predicted molar refractivity (Wildman–Crippen MR) is 59.4 cm³/mol. The van der Waals surface area contributed by atoms with Crippen LogP contribution >= 0.6 is 0 Å². The van der Waals surface area contributed by atoms with Crippen molar-refractivity contribution in [3.63, 3.8) is 0 Å². The van der Waals surface area contributed by atoms with Crippen LogP contribution < -0.4 is 0 Å². The molecule has 0 atom stereocenters. The molecule has 2 rings (SSSR count). The van der Waals surface area contributed by atoms with E-state index < -0.39 is 0 Å². The molecule has 3 nitrogen and oxygen atoms in total. The van der Waals surface area contributed by atoms with Crippen LogP contribution in [0.15, 0.2) is 18.2 Å². The van der Waals surface area contributed by atoms with Gasteiger partial charge >= 0.3 is 0 Å². The van der Waals surface area contributed by atoms with E-state index in [-0.39, 0.29) is 6.61 Å². The maximum Gasteiger partial charge on any atom is 0.104 e. The first-order valence-electron chi connectivity index (χ1n) is 4.86. The number of H-pyrrole nitrogens is 1. The molecule has 1 heterocycles. The number of nitrogens with one attached hydrogen (secondary N) is 1. The summed E-state index contributed by atoms with van der Waals surface area (Å²) in [7, 11) is 0. The van der Waals surface area contributed by atoms with Crippen molar-refractivity contribution in [3.05, 3.63) is 29.6 Å². The van der Waals surface area contributed by atoms with Crippen LogP contribution in [0.4, 0.5) is 0 Å². The van der Waals surface area contributed by atoms with Gasteiger partial charge in [0.25, 0.3) is 0 Å². The quantitative estimate of drug-likeness (QED) is 0.687. The van der Waals surface area contributed by atoms with Gasteiger partial charge in [-0.15, -0.1) is 0 Å². The third kappa shape index (κ3) is 2.17. The van der Waals surface area contributed by atoms with E-state index in [1.54, 1.807) is 0 Å². The third-order valence-electron chi connectivity index (χ3n) is 2.07. The van der Waals surface area contributed by atoms with E-state index in [4.69, 9.17) is 5.11 Å². The van der Waals surface area contributed by atoms with Crippen molar-refractivity contribution in [1.82, 2.24) is 9.97 Å². The highest BCUT2D eigenvalue weighted by Crippen LogP contribution is 2.12. The smallest absolute Gasteiger partial charge is 0.104 e. The molecule has 0 radical (unpaired) electrons. The van der Waals surface area contributed by atoms with Crippen LogP contribution in [-0.2, 0) is 0 Å². The van der Waals surface area contributed by atoms with E-state index >= 15 is 0 Å². The topological polar surface area (TPSA) is 48.9 Å². The van der Waals surface area contributed by atoms with Crippen LogP contribution in [0.25, 0.3) is 11.0 Å². The molecule has 0 fully saturated rings. The highest BCUT2D eigenvalue weighted by Gasteiger charge is 1.98. The van der Waals surface area contributed by atoms with Crippen LogP contribution in [0, 0.1) is 18.8 Å². The molecule has 15 heavy (non-hydrogen) atoms. The van der Waals surface area contributed by atoms with Crippen LogP contribution in [0.2, 0.25) is 0 Å². The van der Waals surface area contributed by atoms with E-state index in [9.17, 15) is 0 Å². The number of aromatic amines is 1. The molecule has 0 unspecified atom stereocenters. The number of fused-ring (bicyclic) bond motifs is 1. The highest BCUT2D eigenvalue weighted by atomic mass is 16.2. The molecule has 0 spiro atoms. The van der Waals surface area contributed by atoms with Crippen molar-refractivity contribution in [3.8, 4) is 11.8 Å². The van der Waals surface area contributed by atoms with E-state index in [1.165, 1.54) is 0 Å². The summed E-state index contributed by atoms with van der Waals surface area (Å²) in [6, 6.07) is 5.86. The van der Waals surface area contributed by atoms with Gasteiger partial charge in [-0.3, -0.25) is 0 Å². The van der Waals surface area contributed by atoms with E-state index in [0.717, 1.165) is 22.4 Å². The summed E-state index contributed by atoms with van der Waals surface area (Å²) in [5.74, 6) is 6.79. The summed E-state index contributed by atoms with van der Waals surface area (Å²) in [4.78, 5) is 7.47. The molecule has 1 aromatic heterocycles. The number of hydrogen-bond donors (Lipinski definition) is 2. The van der Waals surface area contributed by atoms with Gasteiger partial charge in [0.2, 0.25) is 0 Å². The Bertz CT molecular complexity index is 531. The van der Waals surface area contributed by atoms with Gasteiger partial charge in [-0.1, -0.05) is 11.8 Å². The minimum Gasteiger partial charge on any atom is -0.395 e. The standard InChI is InChI=1S/C12H12N2O/c1-9-13-11-6-5-10(4-2-3-7-15)8-12(11)14-9/h5-6,8,15H,3,7H2,1H3,(H,13,14). The Morgan fingerprint density at radius 1 is 1.47 bits per heavy atom. The number of hydrogen-bond acceptors (Lipinski definition) is 2. The van der Waals surface area contributed by atoms with Crippen LogP contribution in [0.3, 0.4) is 0 Å². The fraction of sp³-hybridized carbons (Fsp3) is 0.250. The lowest BCUT2D eigenvalue weighted by Crippen LogP contribution is -1.78. The maximum absolute atomic E-state index is 8.60. The number of benzene rings is 1. The van der Waals surface area contributed by atoms with Crippen LogP contribution in [-0.4, -0.2) is 21.7 Å². The zero-order chi connectivity index (χ0) is 10.7. The van der Waals surface area contributed by atoms with Gasteiger partial charge < -0.3 is 10.1 Å². The molecule has 1 aromatic carbocycles. The lowest BCUT2D eigenvalue weighted by molar-refractivity contribution is 0.305. The number of imidazole rings is 1. The number of aryl methyl sites for hydroxylation is 1. The fourth-order valence-corrected chi connectivity index (χ4v) is 1.44. The predicted octanol–water partition coefficient (Wildman–Crippen LogP) is 1.61. The monoisotopic (exact) mass is 200 g/mol. The van der Waals surface area contributed by atoms with Crippen molar-refractivity contribution < 1.29 is 5.11 Å². The number of aliphatic hydroxyl groups excluding tert-OH is 1. The lowest BCUT2D eigenvalue weighted by Gasteiger charge is -1.90. The van der Waals surface area contributed by atoms with Crippen molar-refractivity contribution in [2.24, 2.45) is 0 Å². The lowest BCUT2D eigenvalue weighted by atomic mass is 10.2. The molecular weight excluding hydrogens is 188 g/mol. The molecule has 0 bridgehead atoms. The van der Waals surface area contributed by atoms with Crippen molar-refractivity contribution in [1.29, 1.82) is 0 Å². The van der Waals surface area contributed by atoms with Crippen molar-refractivity contribution in [2.45, 2.75) is 13.3 Å². The Hall–Kier alpha value is -1.79. The second-order valence-electron chi connectivity index (χ2n) is 3.33. The van der Waals surface area contributed by atoms with Crippen molar-refractivity contribution in [2.75, 3.05) is 6.61 Å². The van der Waals surface area contributed by atoms with Crippen LogP contribution in [0.5, 0.6) is 0 Å². The highest BCUT2D eigenvalue weighted by molar-refractivity contribution is 5.76. The van der Waals surface area contributed by atoms with Gasteiger partial charge in [-0.05, 0) is 25.1 Å². The first-order valence-corrected chi connectivity index (χ1v) is 4.86. The number of aromatic nitrogens is 2. The molecule has 0 aliphatic heterocycles. The minimum absolute atomic E-state index is 0.110. The van der Waals surface area contributed by atoms with Crippen LogP contribution in [0.1, 0.15) is 17.8 Å². The normalized spacial score (nSPS) is 10.0. The van der Waals surface area contributed by atoms with Gasteiger partial charge in [0.1, 0.15) is 5.82 Å². The van der Waals surface area contributed by atoms with Crippen molar-refractivity contribution >= 4 is 11.0 Å². The Labute approximate surface area is 88.2 Å². The van der Waals surface area contributed by atoms with E-state index in [2.05, 4.69) is 21.8 Å². The first kappa shape index (κ1) is 9.75. The fourth-order valence-electron chi connectivity index (χ4n) is 1.44. The SMILES string of the molecule is Cc1nc2ccc(C#CCCO)cc2[nH]1. The molecule has 2 aromatic rings. The average Bonchev–Trinajstić information content (AvgIpc) is 2.57. The molecular formula is C12H12N2O. The third-order valence-corrected chi connectivity index (χ3v) is 2.07. The summed E-state index contributed by atoms with van der Waals surface area (Å²) in [5.41, 5.74) is 2.91. The Morgan fingerprint density at radius 2 is 2.33 bits per heavy atom. The Kier molecular flexibility index (Phi) is 2.70. The molecule has 0 saturated heterocycles. The molecule has 0 saturated carbocycles. The summed E-state index contributed by atoms with van der Waals surface area (Å²) >= 11 is 0. The second-order valence-corrected chi connectivity index (χ2v) is 3.33. The zero-order valence-corrected chi connectivity index (χ0v) is 8.54. The molecule has 0 aliphatic carbocycles. The Morgan fingerprint density at radius 3 is 3.13 bits per heavy atom. The molecule has 76 valence electrons. The summed E-state index contributed by atoms with van der Waals surface area (Å²) in [6.45, 7) is 2.04. The largest absolute Gasteiger partial charge is 0.395 e. The van der Waals surface area contributed by atoms with Gasteiger partial charge in [-0.25, -0.2) is 4.98 Å². The molecule has 2 N–H and O–H groups in total. The molecule has 0 aliphatic rings. The number of rotatable bonds is 1.